The summed E-state index contributed by atoms with van der Waals surface area (Å²) in [5.74, 6) is -1.22. The third kappa shape index (κ3) is 3.12. The van der Waals surface area contributed by atoms with Crippen LogP contribution < -0.4 is 5.69 Å². The van der Waals surface area contributed by atoms with Gasteiger partial charge in [0.1, 0.15) is 0 Å². The molecule has 0 aliphatic heterocycles. The summed E-state index contributed by atoms with van der Waals surface area (Å²) in [4.78, 5) is 22.3. The van der Waals surface area contributed by atoms with E-state index in [9.17, 15) is 9.59 Å². The van der Waals surface area contributed by atoms with Gasteiger partial charge in [0, 0.05) is 5.02 Å². The molecule has 0 aliphatic carbocycles. The number of nitrogens with zero attached hydrogens (tertiary/aromatic N) is 2. The van der Waals surface area contributed by atoms with Crippen LogP contribution in [0.5, 0.6) is 0 Å². The minimum Gasteiger partial charge on any atom is -0.481 e. The maximum atomic E-state index is 11.7. The van der Waals surface area contributed by atoms with Gasteiger partial charge in [-0.3, -0.25) is 4.79 Å². The molecule has 0 atom stereocenters. The third-order valence-electron chi connectivity index (χ3n) is 2.12. The minimum atomic E-state index is -1.01. The smallest absolute Gasteiger partial charge is 0.348 e. The number of hydrogen-bond donors (Lipinski definition) is 2. The van der Waals surface area contributed by atoms with Gasteiger partial charge in [0.15, 0.2) is 5.16 Å². The summed E-state index contributed by atoms with van der Waals surface area (Å²) in [6, 6.07) is 4.63. The average molecular weight is 320 g/mol. The van der Waals surface area contributed by atoms with Crippen LogP contribution in [-0.4, -0.2) is 31.6 Å². The summed E-state index contributed by atoms with van der Waals surface area (Å²) < 4.78 is 1.20. The van der Waals surface area contributed by atoms with Crippen molar-refractivity contribution in [3.05, 3.63) is 38.7 Å². The number of rotatable bonds is 4. The van der Waals surface area contributed by atoms with Crippen LogP contribution in [0.1, 0.15) is 0 Å². The fourth-order valence-electron chi connectivity index (χ4n) is 1.38. The topological polar surface area (TPSA) is 88.0 Å². The molecule has 19 heavy (non-hydrogen) atoms. The standard InChI is InChI=1S/C10H7Cl2N3O3S/c11-5-1-2-7(6(12)3-5)15-9(18)13-14-10(15)19-4-8(16)17/h1-3H,4H2,(H,13,18)(H,16,17). The van der Waals surface area contributed by atoms with Gasteiger partial charge in [-0.25, -0.2) is 14.5 Å². The Morgan fingerprint density at radius 1 is 1.47 bits per heavy atom. The van der Waals surface area contributed by atoms with Gasteiger partial charge in [-0.05, 0) is 18.2 Å². The summed E-state index contributed by atoms with van der Waals surface area (Å²) in [6.45, 7) is 0. The van der Waals surface area contributed by atoms with Crippen molar-refractivity contribution in [2.75, 3.05) is 5.75 Å². The lowest BCUT2D eigenvalue weighted by atomic mass is 10.3. The van der Waals surface area contributed by atoms with Crippen molar-refractivity contribution in [2.24, 2.45) is 0 Å². The molecule has 1 aromatic heterocycles. The summed E-state index contributed by atoms with van der Waals surface area (Å²) in [7, 11) is 0. The lowest BCUT2D eigenvalue weighted by Gasteiger charge is -2.06. The van der Waals surface area contributed by atoms with Crippen molar-refractivity contribution in [1.29, 1.82) is 0 Å². The van der Waals surface area contributed by atoms with Crippen molar-refractivity contribution in [3.63, 3.8) is 0 Å². The minimum absolute atomic E-state index is 0.213. The molecule has 1 heterocycles. The summed E-state index contributed by atoms with van der Waals surface area (Å²) in [5.41, 5.74) is -0.116. The molecule has 2 aromatic rings. The van der Waals surface area contributed by atoms with Crippen LogP contribution in [0, 0.1) is 0 Å². The highest BCUT2D eigenvalue weighted by Crippen LogP contribution is 2.26. The van der Waals surface area contributed by atoms with Gasteiger partial charge in [0.05, 0.1) is 16.5 Å². The third-order valence-corrected chi connectivity index (χ3v) is 3.58. The van der Waals surface area contributed by atoms with E-state index in [1.54, 1.807) is 12.1 Å². The molecule has 6 nitrogen and oxygen atoms in total. The van der Waals surface area contributed by atoms with Crippen molar-refractivity contribution < 1.29 is 9.90 Å². The first-order chi connectivity index (χ1) is 8.99. The second-order valence-electron chi connectivity index (χ2n) is 3.42. The monoisotopic (exact) mass is 319 g/mol. The first-order valence-corrected chi connectivity index (χ1v) is 6.70. The van der Waals surface area contributed by atoms with E-state index in [0.717, 1.165) is 11.8 Å². The zero-order valence-electron chi connectivity index (χ0n) is 9.26. The molecule has 0 saturated heterocycles. The van der Waals surface area contributed by atoms with Crippen LogP contribution >= 0.6 is 35.0 Å². The van der Waals surface area contributed by atoms with Crippen LogP contribution in [0.3, 0.4) is 0 Å². The lowest BCUT2D eigenvalue weighted by Crippen LogP contribution is -2.16. The van der Waals surface area contributed by atoms with Gasteiger partial charge in [0.2, 0.25) is 0 Å². The first kappa shape index (κ1) is 14.0. The number of carboxylic acid groups (broad SMARTS) is 1. The summed E-state index contributed by atoms with van der Waals surface area (Å²) in [5, 5.41) is 15.6. The molecule has 0 amide bonds. The fourth-order valence-corrected chi connectivity index (χ4v) is 2.55. The van der Waals surface area contributed by atoms with Gasteiger partial charge < -0.3 is 5.11 Å². The van der Waals surface area contributed by atoms with Crippen LogP contribution in [-0.2, 0) is 4.79 Å². The molecule has 1 aromatic carbocycles. The molecule has 0 saturated carbocycles. The van der Waals surface area contributed by atoms with Gasteiger partial charge in [-0.15, -0.1) is 5.10 Å². The number of carboxylic acids is 1. The Kier molecular flexibility index (Phi) is 4.18. The van der Waals surface area contributed by atoms with Gasteiger partial charge in [-0.2, -0.15) is 0 Å². The maximum Gasteiger partial charge on any atom is 0.348 e. The number of thioether (sulfide) groups is 1. The molecular formula is C10H7Cl2N3O3S. The number of H-pyrrole nitrogens is 1. The van der Waals surface area contributed by atoms with E-state index in [-0.39, 0.29) is 15.9 Å². The number of hydrogen-bond acceptors (Lipinski definition) is 4. The maximum absolute atomic E-state index is 11.7. The van der Waals surface area contributed by atoms with Gasteiger partial charge in [0.25, 0.3) is 0 Å². The number of aromatic amines is 1. The van der Waals surface area contributed by atoms with Crippen molar-refractivity contribution >= 4 is 40.9 Å². The highest BCUT2D eigenvalue weighted by molar-refractivity contribution is 7.99. The van der Waals surface area contributed by atoms with Gasteiger partial charge >= 0.3 is 11.7 Å². The highest BCUT2D eigenvalue weighted by Gasteiger charge is 2.15. The first-order valence-electron chi connectivity index (χ1n) is 4.96. The Morgan fingerprint density at radius 3 is 2.84 bits per heavy atom. The van der Waals surface area contributed by atoms with E-state index in [1.807, 2.05) is 0 Å². The number of carbonyl (C=O) groups is 1. The molecule has 0 radical (unpaired) electrons. The normalized spacial score (nSPS) is 10.6. The zero-order chi connectivity index (χ0) is 14.0. The van der Waals surface area contributed by atoms with E-state index in [4.69, 9.17) is 28.3 Å². The van der Waals surface area contributed by atoms with Crippen LogP contribution in [0.15, 0.2) is 28.2 Å². The Hall–Kier alpha value is -1.44. The molecule has 9 heteroatoms. The molecule has 0 unspecified atom stereocenters. The second-order valence-corrected chi connectivity index (χ2v) is 5.21. The van der Waals surface area contributed by atoms with Crippen LogP contribution in [0.4, 0.5) is 0 Å². The second kappa shape index (κ2) is 5.68. The number of aromatic nitrogens is 3. The molecule has 0 spiro atoms. The molecule has 2 rings (SSSR count). The molecular weight excluding hydrogens is 313 g/mol. The van der Waals surface area contributed by atoms with E-state index in [2.05, 4.69) is 10.2 Å². The summed E-state index contributed by atoms with van der Waals surface area (Å²) >= 11 is 12.7. The van der Waals surface area contributed by atoms with Crippen molar-refractivity contribution in [2.45, 2.75) is 5.16 Å². The molecule has 0 aliphatic rings. The van der Waals surface area contributed by atoms with Crippen molar-refractivity contribution in [1.82, 2.24) is 14.8 Å². The SMILES string of the molecule is O=C(O)CSc1n[nH]c(=O)n1-c1ccc(Cl)cc1Cl. The predicted octanol–water partition coefficient (Wildman–Crippen LogP) is 2.04. The van der Waals surface area contributed by atoms with Crippen LogP contribution in [0.2, 0.25) is 10.0 Å². The Balaban J connectivity index is 2.46. The zero-order valence-corrected chi connectivity index (χ0v) is 11.6. The number of nitrogens with one attached hydrogen (secondary N) is 1. The molecule has 100 valence electrons. The number of aliphatic carboxylic acids is 1. The Morgan fingerprint density at radius 2 is 2.21 bits per heavy atom. The van der Waals surface area contributed by atoms with Crippen LogP contribution in [0.25, 0.3) is 5.69 Å². The quantitative estimate of drug-likeness (QED) is 0.842. The van der Waals surface area contributed by atoms with E-state index in [1.165, 1.54) is 10.6 Å². The van der Waals surface area contributed by atoms with Gasteiger partial charge in [-0.1, -0.05) is 35.0 Å². The number of halogens is 2. The Bertz CT molecular complexity index is 683. The van der Waals surface area contributed by atoms with E-state index < -0.39 is 11.7 Å². The fraction of sp³-hybridized carbons (Fsp3) is 0.100. The molecule has 2 N–H and O–H groups in total. The number of benzene rings is 1. The van der Waals surface area contributed by atoms with E-state index in [0.29, 0.717) is 10.7 Å². The lowest BCUT2D eigenvalue weighted by molar-refractivity contribution is -0.133. The predicted molar refractivity (Wildman–Crippen MR) is 72.6 cm³/mol. The molecule has 0 fully saturated rings. The van der Waals surface area contributed by atoms with E-state index >= 15 is 0 Å². The molecule has 0 bridgehead atoms. The highest BCUT2D eigenvalue weighted by atomic mass is 35.5. The Labute approximate surface area is 121 Å². The largest absolute Gasteiger partial charge is 0.481 e. The average Bonchev–Trinajstić information content (AvgIpc) is 2.68. The summed E-state index contributed by atoms with van der Waals surface area (Å²) in [6.07, 6.45) is 0. The van der Waals surface area contributed by atoms with Crippen molar-refractivity contribution in [3.8, 4) is 5.69 Å².